The van der Waals surface area contributed by atoms with Gasteiger partial charge in [-0.2, -0.15) is 5.23 Å². The Morgan fingerprint density at radius 1 is 1.53 bits per heavy atom. The van der Waals surface area contributed by atoms with E-state index in [-0.39, 0.29) is 12.3 Å². The molecule has 5 N–H and O–H groups in total. The molecule has 0 spiro atoms. The van der Waals surface area contributed by atoms with Gasteiger partial charge in [-0.05, 0) is 13.0 Å². The van der Waals surface area contributed by atoms with Gasteiger partial charge >= 0.3 is 0 Å². The molecule has 1 aliphatic rings. The molecule has 7 nitrogen and oxygen atoms in total. The summed E-state index contributed by atoms with van der Waals surface area (Å²) in [5.74, 6) is 0. The monoisotopic (exact) mass is 270 g/mol. The second-order valence-electron chi connectivity index (χ2n) is 4.63. The second-order valence-corrected chi connectivity index (χ2v) is 4.63. The number of anilines is 1. The quantitative estimate of drug-likeness (QED) is 0.462. The smallest absolute Gasteiger partial charge is 0.168 e. The number of nitrogens with one attached hydrogen (secondary N) is 2. The van der Waals surface area contributed by atoms with Gasteiger partial charge in [-0.25, -0.2) is 5.21 Å². The van der Waals surface area contributed by atoms with Gasteiger partial charge < -0.3 is 25.5 Å². The van der Waals surface area contributed by atoms with Gasteiger partial charge in [0.15, 0.2) is 5.69 Å². The van der Waals surface area contributed by atoms with Crippen LogP contribution in [0.25, 0.3) is 0 Å². The lowest BCUT2D eigenvalue weighted by atomic mass is 10.1. The lowest BCUT2D eigenvalue weighted by Gasteiger charge is -2.18. The summed E-state index contributed by atoms with van der Waals surface area (Å²) >= 11 is 0. The third-order valence-corrected chi connectivity index (χ3v) is 3.20. The number of aliphatic hydroxyl groups excluding tert-OH is 2. The van der Waals surface area contributed by atoms with Gasteiger partial charge in [0.2, 0.25) is 0 Å². The highest BCUT2D eigenvalue weighted by Crippen LogP contribution is 2.24. The van der Waals surface area contributed by atoms with Crippen LogP contribution in [-0.4, -0.2) is 40.5 Å². The van der Waals surface area contributed by atoms with E-state index in [2.05, 4.69) is 5.32 Å². The van der Waals surface area contributed by atoms with Gasteiger partial charge in [-0.15, -0.1) is 0 Å². The third-order valence-electron chi connectivity index (χ3n) is 3.20. The van der Waals surface area contributed by atoms with E-state index >= 15 is 0 Å². The van der Waals surface area contributed by atoms with Crippen LogP contribution in [0, 0.1) is 12.1 Å². The average Bonchev–Trinajstić information content (AvgIpc) is 2.71. The zero-order chi connectivity index (χ0) is 14.0. The zero-order valence-corrected chi connectivity index (χ0v) is 10.5. The number of benzene rings is 1. The van der Waals surface area contributed by atoms with Gasteiger partial charge in [0.25, 0.3) is 0 Å². The Bertz CT molecular complexity index is 440. The van der Waals surface area contributed by atoms with Gasteiger partial charge in [0, 0.05) is 23.7 Å². The number of quaternary nitrogens is 1. The predicted octanol–water partition coefficient (Wildman–Crippen LogP) is -0.721. The number of aryl methyl sites for hydroxylation is 1. The molecule has 0 amide bonds. The molecule has 0 radical (unpaired) electrons. The summed E-state index contributed by atoms with van der Waals surface area (Å²) in [6, 6.07) is 4.99. The fourth-order valence-corrected chi connectivity index (χ4v) is 2.11. The van der Waals surface area contributed by atoms with Gasteiger partial charge in [0.1, 0.15) is 12.3 Å². The van der Waals surface area contributed by atoms with E-state index in [4.69, 9.17) is 15.1 Å². The maximum atomic E-state index is 11.0. The van der Waals surface area contributed by atoms with E-state index in [1.807, 2.05) is 0 Å². The minimum atomic E-state index is -0.984. The molecule has 1 fully saturated rings. The molecule has 0 aromatic heterocycles. The largest absolute Gasteiger partial charge is 0.595 e. The van der Waals surface area contributed by atoms with Crippen molar-refractivity contribution in [2.24, 2.45) is 0 Å². The number of hydrogen-bond donors (Lipinski definition) is 5. The van der Waals surface area contributed by atoms with Crippen molar-refractivity contribution in [3.8, 4) is 0 Å². The van der Waals surface area contributed by atoms with Gasteiger partial charge in [0.05, 0.1) is 12.7 Å². The molecule has 1 saturated heterocycles. The highest BCUT2D eigenvalue weighted by molar-refractivity contribution is 5.54. The predicted molar refractivity (Wildman–Crippen MR) is 66.9 cm³/mol. The third kappa shape index (κ3) is 3.21. The molecule has 106 valence electrons. The lowest BCUT2D eigenvalue weighted by Crippen LogP contribution is -2.99. The summed E-state index contributed by atoms with van der Waals surface area (Å²) in [5.41, 5.74) is 1.51. The van der Waals surface area contributed by atoms with Crippen LogP contribution in [0.5, 0.6) is 0 Å². The molecule has 0 aliphatic carbocycles. The van der Waals surface area contributed by atoms with Gasteiger partial charge in [-0.1, -0.05) is 6.07 Å². The molecule has 1 aromatic carbocycles. The van der Waals surface area contributed by atoms with Crippen molar-refractivity contribution in [3.63, 3.8) is 0 Å². The molecular weight excluding hydrogens is 252 g/mol. The number of hydrogen-bond acceptors (Lipinski definition) is 6. The van der Waals surface area contributed by atoms with Crippen molar-refractivity contribution in [2.75, 3.05) is 11.9 Å². The SMILES string of the molecule is Cc1ccc(N[C@@H]2C[C@H](O)[C@@H](CO)O2)cc1[NH+]([O-])O. The van der Waals surface area contributed by atoms with Crippen LogP contribution in [-0.2, 0) is 4.74 Å². The molecule has 7 heteroatoms. The highest BCUT2D eigenvalue weighted by Gasteiger charge is 2.33. The molecule has 0 saturated carbocycles. The Balaban J connectivity index is 2.06. The standard InChI is InChI=1S/C12H18N2O5/c1-7-2-3-8(4-9(7)14(17)18)13-12-5-10(16)11(6-15)19-12/h2-4,10-17H,5-6H2,1H3/t10-,11+,12-/m0/s1. The maximum Gasteiger partial charge on any atom is 0.168 e. The Kier molecular flexibility index (Phi) is 4.35. The van der Waals surface area contributed by atoms with E-state index < -0.39 is 23.7 Å². The molecule has 0 bridgehead atoms. The minimum absolute atomic E-state index is 0.224. The Morgan fingerprint density at radius 3 is 2.84 bits per heavy atom. The Labute approximate surface area is 110 Å². The zero-order valence-electron chi connectivity index (χ0n) is 10.5. The van der Waals surface area contributed by atoms with E-state index in [0.717, 1.165) is 0 Å². The average molecular weight is 270 g/mol. The molecule has 4 atom stereocenters. The summed E-state index contributed by atoms with van der Waals surface area (Å²) in [5, 5.41) is 40.7. The van der Waals surface area contributed by atoms with E-state index in [1.54, 1.807) is 19.1 Å². The molecule has 19 heavy (non-hydrogen) atoms. The fourth-order valence-electron chi connectivity index (χ4n) is 2.11. The summed E-state index contributed by atoms with van der Waals surface area (Å²) in [6.45, 7) is 1.48. The van der Waals surface area contributed by atoms with Crippen LogP contribution >= 0.6 is 0 Å². The summed E-state index contributed by atoms with van der Waals surface area (Å²) in [7, 11) is 0. The van der Waals surface area contributed by atoms with Crippen molar-refractivity contribution in [1.82, 2.24) is 0 Å². The van der Waals surface area contributed by atoms with Crippen molar-refractivity contribution < 1.29 is 25.4 Å². The van der Waals surface area contributed by atoms with E-state index in [1.165, 1.54) is 6.07 Å². The van der Waals surface area contributed by atoms with Crippen molar-refractivity contribution in [3.05, 3.63) is 29.0 Å². The van der Waals surface area contributed by atoms with E-state index in [0.29, 0.717) is 17.7 Å². The second kappa shape index (κ2) is 5.83. The minimum Gasteiger partial charge on any atom is -0.595 e. The van der Waals surface area contributed by atoms with Crippen LogP contribution in [0.2, 0.25) is 0 Å². The first kappa shape index (κ1) is 14.2. The number of aliphatic hydroxyl groups is 2. The van der Waals surface area contributed by atoms with Crippen LogP contribution in [0.4, 0.5) is 11.4 Å². The molecule has 1 heterocycles. The summed E-state index contributed by atoms with van der Waals surface area (Å²) < 4.78 is 5.40. The molecule has 2 rings (SSSR count). The fraction of sp³-hybridized carbons (Fsp3) is 0.500. The van der Waals surface area contributed by atoms with Crippen LogP contribution in [0.15, 0.2) is 18.2 Å². The highest BCUT2D eigenvalue weighted by atomic mass is 16.8. The lowest BCUT2D eigenvalue weighted by molar-refractivity contribution is -0.991. The molecule has 1 unspecified atom stereocenters. The maximum absolute atomic E-state index is 11.0. The molecule has 1 aromatic rings. The number of ether oxygens (including phenoxy) is 1. The van der Waals surface area contributed by atoms with Crippen molar-refractivity contribution >= 4 is 11.4 Å². The summed E-state index contributed by atoms with van der Waals surface area (Å²) in [4.78, 5) is 0. The van der Waals surface area contributed by atoms with Crippen molar-refractivity contribution in [2.45, 2.75) is 31.8 Å². The molecule has 1 aliphatic heterocycles. The van der Waals surface area contributed by atoms with Crippen molar-refractivity contribution in [1.29, 1.82) is 0 Å². The normalized spacial score (nSPS) is 28.4. The summed E-state index contributed by atoms with van der Waals surface area (Å²) in [6.07, 6.45) is -1.40. The first-order valence-corrected chi connectivity index (χ1v) is 6.06. The van der Waals surface area contributed by atoms with E-state index in [9.17, 15) is 10.3 Å². The first-order chi connectivity index (χ1) is 9.01. The molecular formula is C12H18N2O5. The van der Waals surface area contributed by atoms with Crippen LogP contribution in [0.1, 0.15) is 12.0 Å². The van der Waals surface area contributed by atoms with Crippen LogP contribution in [0.3, 0.4) is 0 Å². The number of rotatable bonds is 4. The Morgan fingerprint density at radius 2 is 2.26 bits per heavy atom. The Hall–Kier alpha value is -1.22. The first-order valence-electron chi connectivity index (χ1n) is 6.06. The van der Waals surface area contributed by atoms with Crippen LogP contribution < -0.4 is 10.5 Å². The topological polar surface area (TPSA) is 109 Å². The van der Waals surface area contributed by atoms with Gasteiger partial charge in [-0.3, -0.25) is 0 Å².